The van der Waals surface area contributed by atoms with Crippen LogP contribution in [0.3, 0.4) is 0 Å². The van der Waals surface area contributed by atoms with Crippen LogP contribution in [0.1, 0.15) is 6.92 Å². The number of rotatable bonds is 3. The predicted octanol–water partition coefficient (Wildman–Crippen LogP) is 3.38. The van der Waals surface area contributed by atoms with Crippen LogP contribution in [0, 0.1) is 0 Å². The summed E-state index contributed by atoms with van der Waals surface area (Å²) in [7, 11) is 1.66. The van der Waals surface area contributed by atoms with Crippen LogP contribution < -0.4 is 15.2 Å². The summed E-state index contributed by atoms with van der Waals surface area (Å²) in [5.74, 6) is 1.61. The number of anilines is 1. The second-order valence-electron chi connectivity index (χ2n) is 4.53. The zero-order valence-electron chi connectivity index (χ0n) is 11.5. The van der Waals surface area contributed by atoms with Crippen molar-refractivity contribution in [3.8, 4) is 11.5 Å². The van der Waals surface area contributed by atoms with Gasteiger partial charge in [0.15, 0.2) is 0 Å². The molecule has 0 unspecified atom stereocenters. The topological polar surface area (TPSA) is 57.4 Å². The summed E-state index contributed by atoms with van der Waals surface area (Å²) >= 11 is 0. The maximum Gasteiger partial charge on any atom is 0.137 e. The van der Waals surface area contributed by atoms with Crippen molar-refractivity contribution in [3.63, 3.8) is 0 Å². The molecule has 102 valence electrons. The normalized spacial score (nSPS) is 10.9. The van der Waals surface area contributed by atoms with Crippen molar-refractivity contribution < 1.29 is 9.47 Å². The minimum absolute atomic E-state index is 0.630. The van der Waals surface area contributed by atoms with Crippen molar-refractivity contribution in [1.82, 2.24) is 4.98 Å². The number of nitrogens with zero attached hydrogens (tertiary/aromatic N) is 1. The minimum atomic E-state index is 0.630. The summed E-state index contributed by atoms with van der Waals surface area (Å²) in [6.07, 6.45) is 0. The molecule has 3 aromatic rings. The van der Waals surface area contributed by atoms with Crippen molar-refractivity contribution in [1.29, 1.82) is 0 Å². The summed E-state index contributed by atoms with van der Waals surface area (Å²) in [5.41, 5.74) is 8.21. The number of fused-ring (bicyclic) bond motifs is 2. The van der Waals surface area contributed by atoms with Crippen LogP contribution in [0.4, 0.5) is 5.69 Å². The Morgan fingerprint density at radius 1 is 1.05 bits per heavy atom. The average molecular weight is 268 g/mol. The molecule has 2 aromatic carbocycles. The molecule has 1 heterocycles. The molecule has 0 radical (unpaired) electrons. The first-order chi connectivity index (χ1) is 9.72. The van der Waals surface area contributed by atoms with Crippen LogP contribution in [0.15, 0.2) is 36.4 Å². The van der Waals surface area contributed by atoms with Gasteiger partial charge in [-0.05, 0) is 43.3 Å². The van der Waals surface area contributed by atoms with Gasteiger partial charge in [-0.25, -0.2) is 4.98 Å². The lowest BCUT2D eigenvalue weighted by molar-refractivity contribution is 0.340. The van der Waals surface area contributed by atoms with E-state index in [1.54, 1.807) is 7.11 Å². The highest BCUT2D eigenvalue weighted by atomic mass is 16.5. The van der Waals surface area contributed by atoms with Crippen molar-refractivity contribution in [2.75, 3.05) is 19.5 Å². The molecule has 0 bridgehead atoms. The Bertz CT molecular complexity index is 784. The highest BCUT2D eigenvalue weighted by molar-refractivity contribution is 6.02. The van der Waals surface area contributed by atoms with Gasteiger partial charge in [0.1, 0.15) is 11.5 Å². The molecule has 20 heavy (non-hydrogen) atoms. The summed E-state index contributed by atoms with van der Waals surface area (Å²) in [6, 6.07) is 11.4. The lowest BCUT2D eigenvalue weighted by Crippen LogP contribution is -1.95. The largest absolute Gasteiger partial charge is 0.495 e. The van der Waals surface area contributed by atoms with Gasteiger partial charge in [-0.1, -0.05) is 0 Å². The molecule has 3 rings (SSSR count). The van der Waals surface area contributed by atoms with Crippen LogP contribution >= 0.6 is 0 Å². The fraction of sp³-hybridized carbons (Fsp3) is 0.188. The predicted molar refractivity (Wildman–Crippen MR) is 81.4 cm³/mol. The molecular formula is C16H16N2O2. The number of hydrogen-bond donors (Lipinski definition) is 1. The summed E-state index contributed by atoms with van der Waals surface area (Å²) in [5, 5.41) is 1.89. The number of ether oxygens (including phenoxy) is 2. The fourth-order valence-electron chi connectivity index (χ4n) is 2.38. The molecule has 0 aliphatic heterocycles. The molecule has 0 saturated carbocycles. The molecule has 2 N–H and O–H groups in total. The number of nitrogens with two attached hydrogens (primary N) is 1. The summed E-state index contributed by atoms with van der Waals surface area (Å²) in [4.78, 5) is 4.63. The number of pyridine rings is 1. The lowest BCUT2D eigenvalue weighted by atomic mass is 10.1. The van der Waals surface area contributed by atoms with E-state index in [0.29, 0.717) is 12.3 Å². The molecular weight excluding hydrogens is 252 g/mol. The van der Waals surface area contributed by atoms with E-state index in [1.807, 2.05) is 43.3 Å². The van der Waals surface area contributed by atoms with Gasteiger partial charge < -0.3 is 15.2 Å². The van der Waals surface area contributed by atoms with E-state index in [2.05, 4.69) is 4.98 Å². The van der Waals surface area contributed by atoms with E-state index in [4.69, 9.17) is 15.2 Å². The Balaban J connectivity index is 2.36. The Morgan fingerprint density at radius 2 is 1.90 bits per heavy atom. The van der Waals surface area contributed by atoms with Crippen LogP contribution in [0.5, 0.6) is 11.5 Å². The first kappa shape index (κ1) is 12.5. The van der Waals surface area contributed by atoms with E-state index >= 15 is 0 Å². The van der Waals surface area contributed by atoms with E-state index in [-0.39, 0.29) is 0 Å². The average Bonchev–Trinajstić information content (AvgIpc) is 2.45. The Hall–Kier alpha value is -2.49. The van der Waals surface area contributed by atoms with E-state index in [9.17, 15) is 0 Å². The zero-order chi connectivity index (χ0) is 14.1. The van der Waals surface area contributed by atoms with Gasteiger partial charge in [-0.2, -0.15) is 0 Å². The third-order valence-corrected chi connectivity index (χ3v) is 3.24. The third-order valence-electron chi connectivity index (χ3n) is 3.24. The quantitative estimate of drug-likeness (QED) is 0.584. The molecule has 0 aliphatic rings. The monoisotopic (exact) mass is 268 g/mol. The van der Waals surface area contributed by atoms with Gasteiger partial charge in [0.2, 0.25) is 0 Å². The van der Waals surface area contributed by atoms with Gasteiger partial charge in [0.05, 0.1) is 24.8 Å². The number of aromatic nitrogens is 1. The molecule has 1 aromatic heterocycles. The standard InChI is InChI=1S/C16H16N2O2/c1-3-20-11-5-7-14-13(9-11)16(19-2)12-6-4-10(17)8-15(12)18-14/h4-9H,3,17H2,1-2H3. The van der Waals surface area contributed by atoms with Gasteiger partial charge >= 0.3 is 0 Å². The minimum Gasteiger partial charge on any atom is -0.495 e. The van der Waals surface area contributed by atoms with Crippen molar-refractivity contribution in [2.45, 2.75) is 6.92 Å². The third kappa shape index (κ3) is 1.99. The van der Waals surface area contributed by atoms with Gasteiger partial charge in [0.25, 0.3) is 0 Å². The van der Waals surface area contributed by atoms with E-state index < -0.39 is 0 Å². The Kier molecular flexibility index (Phi) is 3.06. The van der Waals surface area contributed by atoms with Crippen LogP contribution in [0.25, 0.3) is 21.8 Å². The Labute approximate surface area is 117 Å². The number of benzene rings is 2. The number of nitrogen functional groups attached to an aromatic ring is 1. The fourth-order valence-corrected chi connectivity index (χ4v) is 2.38. The summed E-state index contributed by atoms with van der Waals surface area (Å²) < 4.78 is 11.1. The van der Waals surface area contributed by atoms with Crippen LogP contribution in [-0.4, -0.2) is 18.7 Å². The molecule has 0 aliphatic carbocycles. The SMILES string of the molecule is CCOc1ccc2nc3cc(N)ccc3c(OC)c2c1. The first-order valence-electron chi connectivity index (χ1n) is 6.52. The molecule has 0 fully saturated rings. The van der Waals surface area contributed by atoms with Gasteiger partial charge in [-0.3, -0.25) is 0 Å². The maximum absolute atomic E-state index is 5.82. The zero-order valence-corrected chi connectivity index (χ0v) is 11.5. The van der Waals surface area contributed by atoms with E-state index in [0.717, 1.165) is 33.3 Å². The second-order valence-corrected chi connectivity index (χ2v) is 4.53. The molecule has 0 amide bonds. The Morgan fingerprint density at radius 3 is 2.65 bits per heavy atom. The van der Waals surface area contributed by atoms with Crippen molar-refractivity contribution >= 4 is 27.5 Å². The smallest absolute Gasteiger partial charge is 0.137 e. The lowest BCUT2D eigenvalue weighted by Gasteiger charge is -2.11. The van der Waals surface area contributed by atoms with E-state index in [1.165, 1.54) is 0 Å². The highest BCUT2D eigenvalue weighted by Crippen LogP contribution is 2.35. The molecule has 4 nitrogen and oxygen atoms in total. The maximum atomic E-state index is 5.82. The second kappa shape index (κ2) is 4.89. The molecule has 0 atom stereocenters. The number of methoxy groups -OCH3 is 1. The van der Waals surface area contributed by atoms with Crippen molar-refractivity contribution in [2.24, 2.45) is 0 Å². The highest BCUT2D eigenvalue weighted by Gasteiger charge is 2.10. The van der Waals surface area contributed by atoms with Gasteiger partial charge in [0, 0.05) is 16.5 Å². The molecule has 4 heteroatoms. The molecule has 0 saturated heterocycles. The summed E-state index contributed by atoms with van der Waals surface area (Å²) in [6.45, 7) is 2.59. The molecule has 0 spiro atoms. The van der Waals surface area contributed by atoms with Crippen LogP contribution in [0.2, 0.25) is 0 Å². The number of hydrogen-bond acceptors (Lipinski definition) is 4. The first-order valence-corrected chi connectivity index (χ1v) is 6.52. The van der Waals surface area contributed by atoms with Gasteiger partial charge in [-0.15, -0.1) is 0 Å². The van der Waals surface area contributed by atoms with Crippen molar-refractivity contribution in [3.05, 3.63) is 36.4 Å². The van der Waals surface area contributed by atoms with Crippen LogP contribution in [-0.2, 0) is 0 Å².